The molecule has 5 amide bonds. The molecule has 0 aliphatic carbocycles. The van der Waals surface area contributed by atoms with Gasteiger partial charge in [-0.2, -0.15) is 0 Å². The van der Waals surface area contributed by atoms with Gasteiger partial charge >= 0.3 is 5.97 Å². The molecule has 0 bridgehead atoms. The number of primary amides is 2. The topological polar surface area (TPSA) is 237 Å². The van der Waals surface area contributed by atoms with Crippen LogP contribution in [0.15, 0.2) is 30.3 Å². The smallest absolute Gasteiger partial charge is 0.326 e. The Hall–Kier alpha value is -4.00. The number of hydrogen-bond donors (Lipinski definition) is 7. The molecule has 0 saturated heterocycles. The van der Waals surface area contributed by atoms with E-state index >= 15 is 0 Å². The molecule has 0 fully saturated rings. The number of amides is 5. The van der Waals surface area contributed by atoms with Crippen molar-refractivity contribution in [1.29, 1.82) is 0 Å². The zero-order valence-corrected chi connectivity index (χ0v) is 19.5. The van der Waals surface area contributed by atoms with Crippen molar-refractivity contribution in [2.75, 3.05) is 0 Å². The monoisotopic (exact) mass is 492 g/mol. The predicted molar refractivity (Wildman–Crippen MR) is 124 cm³/mol. The number of benzene rings is 1. The van der Waals surface area contributed by atoms with Crippen molar-refractivity contribution >= 4 is 35.5 Å². The Kier molecular flexibility index (Phi) is 11.3. The van der Waals surface area contributed by atoms with E-state index in [0.717, 1.165) is 0 Å². The molecule has 4 atom stereocenters. The number of rotatable bonds is 14. The molecule has 35 heavy (non-hydrogen) atoms. The van der Waals surface area contributed by atoms with E-state index in [-0.39, 0.29) is 6.42 Å². The molecule has 1 aromatic carbocycles. The Morgan fingerprint density at radius 2 is 1.34 bits per heavy atom. The van der Waals surface area contributed by atoms with Crippen LogP contribution in [0.25, 0.3) is 0 Å². The molecule has 13 heteroatoms. The average molecular weight is 493 g/mol. The summed E-state index contributed by atoms with van der Waals surface area (Å²) in [6.45, 7) is 3.23. The number of nitrogens with one attached hydrogen (secondary N) is 3. The van der Waals surface area contributed by atoms with E-state index < -0.39 is 78.4 Å². The van der Waals surface area contributed by atoms with Crippen molar-refractivity contribution in [1.82, 2.24) is 16.0 Å². The van der Waals surface area contributed by atoms with E-state index in [1.807, 2.05) is 0 Å². The highest BCUT2D eigenvalue weighted by Gasteiger charge is 2.32. The maximum absolute atomic E-state index is 12.9. The second-order valence-electron chi connectivity index (χ2n) is 8.33. The molecule has 10 N–H and O–H groups in total. The van der Waals surface area contributed by atoms with Gasteiger partial charge in [0.1, 0.15) is 18.1 Å². The number of carbonyl (C=O) groups excluding carboxylic acids is 5. The van der Waals surface area contributed by atoms with Gasteiger partial charge < -0.3 is 38.3 Å². The van der Waals surface area contributed by atoms with Gasteiger partial charge in [-0.25, -0.2) is 4.79 Å². The van der Waals surface area contributed by atoms with E-state index in [2.05, 4.69) is 16.0 Å². The summed E-state index contributed by atoms with van der Waals surface area (Å²) in [5, 5.41) is 16.6. The highest BCUT2D eigenvalue weighted by Crippen LogP contribution is 2.08. The standard InChI is InChI=1S/C22H32N6O7/c1-11(2)18(21(33)27-15(22(34)35)8-12-6-4-3-5-7-12)28-20(32)14(10-17(25)30)26-19(31)13(23)9-16(24)29/h3-7,11,13-15,18H,8-10,23H2,1-2H3,(H2,24,29)(H2,25,30)(H,26,31)(H,27,33)(H,28,32)(H,34,35). The lowest BCUT2D eigenvalue weighted by atomic mass is 10.0. The van der Waals surface area contributed by atoms with Crippen LogP contribution < -0.4 is 33.2 Å². The van der Waals surface area contributed by atoms with E-state index in [1.165, 1.54) is 0 Å². The first kappa shape index (κ1) is 29.0. The summed E-state index contributed by atoms with van der Waals surface area (Å²) >= 11 is 0. The van der Waals surface area contributed by atoms with Crippen molar-refractivity contribution in [3.8, 4) is 0 Å². The number of hydrogen-bond acceptors (Lipinski definition) is 7. The third-order valence-electron chi connectivity index (χ3n) is 4.94. The second-order valence-corrected chi connectivity index (χ2v) is 8.33. The Labute approximate surface area is 202 Å². The minimum atomic E-state index is -1.49. The van der Waals surface area contributed by atoms with Crippen LogP contribution in [-0.4, -0.2) is 64.8 Å². The largest absolute Gasteiger partial charge is 0.480 e. The molecular weight excluding hydrogens is 460 g/mol. The molecule has 192 valence electrons. The van der Waals surface area contributed by atoms with Gasteiger partial charge in [-0.15, -0.1) is 0 Å². The van der Waals surface area contributed by atoms with Crippen LogP contribution in [-0.2, 0) is 35.2 Å². The van der Waals surface area contributed by atoms with Crippen molar-refractivity contribution in [3.63, 3.8) is 0 Å². The van der Waals surface area contributed by atoms with Crippen LogP contribution in [0.4, 0.5) is 0 Å². The normalized spacial score (nSPS) is 14.2. The van der Waals surface area contributed by atoms with Gasteiger partial charge in [-0.3, -0.25) is 24.0 Å². The van der Waals surface area contributed by atoms with Crippen LogP contribution >= 0.6 is 0 Å². The van der Waals surface area contributed by atoms with E-state index in [4.69, 9.17) is 17.2 Å². The molecule has 1 aromatic rings. The third kappa shape index (κ3) is 10.2. The summed E-state index contributed by atoms with van der Waals surface area (Å²) < 4.78 is 0. The summed E-state index contributed by atoms with van der Waals surface area (Å²) in [7, 11) is 0. The fourth-order valence-electron chi connectivity index (χ4n) is 3.10. The molecule has 13 nitrogen and oxygen atoms in total. The van der Waals surface area contributed by atoms with E-state index in [0.29, 0.717) is 5.56 Å². The highest BCUT2D eigenvalue weighted by atomic mass is 16.4. The first-order valence-electron chi connectivity index (χ1n) is 10.8. The molecule has 0 heterocycles. The van der Waals surface area contributed by atoms with Crippen molar-refractivity contribution in [3.05, 3.63) is 35.9 Å². The van der Waals surface area contributed by atoms with Gasteiger partial charge in [-0.1, -0.05) is 44.2 Å². The molecular formula is C22H32N6O7. The SMILES string of the molecule is CC(C)C(NC(=O)C(CC(N)=O)NC(=O)C(N)CC(N)=O)C(=O)NC(Cc1ccccc1)C(=O)O. The average Bonchev–Trinajstić information content (AvgIpc) is 2.75. The quantitative estimate of drug-likeness (QED) is 0.146. The fourth-order valence-corrected chi connectivity index (χ4v) is 3.10. The van der Waals surface area contributed by atoms with Crippen LogP contribution in [0.5, 0.6) is 0 Å². The molecule has 0 spiro atoms. The third-order valence-corrected chi connectivity index (χ3v) is 4.94. The minimum Gasteiger partial charge on any atom is -0.480 e. The van der Waals surface area contributed by atoms with Gasteiger partial charge in [-0.05, 0) is 11.5 Å². The van der Waals surface area contributed by atoms with Gasteiger partial charge in [0.05, 0.1) is 18.9 Å². The van der Waals surface area contributed by atoms with Crippen LogP contribution in [0.3, 0.4) is 0 Å². The number of nitrogens with two attached hydrogens (primary N) is 3. The lowest BCUT2D eigenvalue weighted by Gasteiger charge is -2.26. The van der Waals surface area contributed by atoms with Crippen molar-refractivity contribution in [2.45, 2.75) is 57.3 Å². The van der Waals surface area contributed by atoms with Crippen molar-refractivity contribution in [2.24, 2.45) is 23.1 Å². The summed E-state index contributed by atoms with van der Waals surface area (Å²) in [6, 6.07) is 3.33. The highest BCUT2D eigenvalue weighted by molar-refractivity contribution is 5.97. The zero-order valence-electron chi connectivity index (χ0n) is 19.5. The minimum absolute atomic E-state index is 0.0127. The Morgan fingerprint density at radius 1 is 0.800 bits per heavy atom. The zero-order chi connectivity index (χ0) is 26.7. The summed E-state index contributed by atoms with van der Waals surface area (Å²) in [6.07, 6.45) is -1.09. The Balaban J connectivity index is 2.97. The van der Waals surface area contributed by atoms with Gasteiger partial charge in [0.15, 0.2) is 0 Å². The van der Waals surface area contributed by atoms with E-state index in [9.17, 15) is 33.9 Å². The molecule has 0 aliphatic rings. The first-order valence-corrected chi connectivity index (χ1v) is 10.8. The number of carboxylic acid groups (broad SMARTS) is 1. The molecule has 0 aromatic heterocycles. The van der Waals surface area contributed by atoms with Gasteiger partial charge in [0, 0.05) is 6.42 Å². The Morgan fingerprint density at radius 3 is 1.83 bits per heavy atom. The van der Waals surface area contributed by atoms with E-state index in [1.54, 1.807) is 44.2 Å². The first-order chi connectivity index (χ1) is 16.3. The van der Waals surface area contributed by atoms with Crippen LogP contribution in [0.2, 0.25) is 0 Å². The second kappa shape index (κ2) is 13.6. The molecule has 0 saturated carbocycles. The summed E-state index contributed by atoms with van der Waals surface area (Å²) in [5.74, 6) is -6.15. The van der Waals surface area contributed by atoms with Crippen LogP contribution in [0, 0.1) is 5.92 Å². The Bertz CT molecular complexity index is 937. The summed E-state index contributed by atoms with van der Waals surface area (Å²) in [4.78, 5) is 72.0. The van der Waals surface area contributed by atoms with Crippen molar-refractivity contribution < 1.29 is 33.9 Å². The lowest BCUT2D eigenvalue weighted by Crippen LogP contribution is -2.59. The predicted octanol–water partition coefficient (Wildman–Crippen LogP) is -2.50. The maximum atomic E-state index is 12.9. The van der Waals surface area contributed by atoms with Gasteiger partial charge in [0.2, 0.25) is 29.5 Å². The van der Waals surface area contributed by atoms with Crippen LogP contribution in [0.1, 0.15) is 32.3 Å². The molecule has 0 aliphatic heterocycles. The molecule has 1 rings (SSSR count). The fraction of sp³-hybridized carbons (Fsp3) is 0.455. The lowest BCUT2D eigenvalue weighted by molar-refractivity contribution is -0.142. The molecule has 4 unspecified atom stereocenters. The summed E-state index contributed by atoms with van der Waals surface area (Å²) in [5.41, 5.74) is 16.4. The maximum Gasteiger partial charge on any atom is 0.326 e. The number of carboxylic acids is 1. The number of carbonyl (C=O) groups is 6. The molecule has 0 radical (unpaired) electrons. The number of aliphatic carboxylic acids is 1. The van der Waals surface area contributed by atoms with Gasteiger partial charge in [0.25, 0.3) is 0 Å².